The highest BCUT2D eigenvalue weighted by molar-refractivity contribution is 5.82. The maximum absolute atomic E-state index is 5.55. The SMILES string of the molecule is CC(C)CC1CN=C(N)C1. The van der Waals surface area contributed by atoms with Crippen LogP contribution in [-0.2, 0) is 0 Å². The molecule has 0 aliphatic carbocycles. The van der Waals surface area contributed by atoms with Gasteiger partial charge in [0.2, 0.25) is 0 Å². The predicted molar refractivity (Wildman–Crippen MR) is 44.1 cm³/mol. The largest absolute Gasteiger partial charge is 0.387 e. The molecule has 2 nitrogen and oxygen atoms in total. The van der Waals surface area contributed by atoms with E-state index in [4.69, 9.17) is 5.73 Å². The molecule has 0 fully saturated rings. The number of nitrogens with two attached hydrogens (primary N) is 1. The van der Waals surface area contributed by atoms with Crippen molar-refractivity contribution in [2.75, 3.05) is 6.54 Å². The molecule has 0 spiro atoms. The zero-order valence-electron chi connectivity index (χ0n) is 6.80. The van der Waals surface area contributed by atoms with Gasteiger partial charge in [-0.1, -0.05) is 13.8 Å². The van der Waals surface area contributed by atoms with Gasteiger partial charge in [0, 0.05) is 13.0 Å². The molecule has 0 aromatic rings. The van der Waals surface area contributed by atoms with Gasteiger partial charge in [-0.25, -0.2) is 0 Å². The Hall–Kier alpha value is -0.530. The first kappa shape index (κ1) is 7.58. The molecule has 0 amide bonds. The fraction of sp³-hybridized carbons (Fsp3) is 0.875. The summed E-state index contributed by atoms with van der Waals surface area (Å²) in [6, 6.07) is 0. The number of nitrogens with zero attached hydrogens (tertiary/aromatic N) is 1. The van der Waals surface area contributed by atoms with Crippen LogP contribution in [0.2, 0.25) is 0 Å². The molecule has 1 atom stereocenters. The highest BCUT2D eigenvalue weighted by Crippen LogP contribution is 2.19. The van der Waals surface area contributed by atoms with Gasteiger partial charge in [0.15, 0.2) is 0 Å². The molecule has 0 saturated carbocycles. The van der Waals surface area contributed by atoms with Crippen LogP contribution in [0.5, 0.6) is 0 Å². The van der Waals surface area contributed by atoms with E-state index in [0.717, 1.165) is 30.6 Å². The summed E-state index contributed by atoms with van der Waals surface area (Å²) in [6.07, 6.45) is 2.29. The van der Waals surface area contributed by atoms with E-state index in [9.17, 15) is 0 Å². The lowest BCUT2D eigenvalue weighted by molar-refractivity contribution is 0.444. The van der Waals surface area contributed by atoms with E-state index in [1.54, 1.807) is 0 Å². The van der Waals surface area contributed by atoms with Crippen molar-refractivity contribution in [3.05, 3.63) is 0 Å². The van der Waals surface area contributed by atoms with Crippen LogP contribution < -0.4 is 5.73 Å². The Morgan fingerprint density at radius 2 is 2.40 bits per heavy atom. The van der Waals surface area contributed by atoms with Crippen molar-refractivity contribution >= 4 is 5.84 Å². The number of amidine groups is 1. The minimum atomic E-state index is 0.736. The van der Waals surface area contributed by atoms with E-state index in [2.05, 4.69) is 18.8 Å². The standard InChI is InChI=1S/C8H16N2/c1-6(2)3-7-4-8(9)10-5-7/h6-7H,3-5H2,1-2H3,(H2,9,10). The summed E-state index contributed by atoms with van der Waals surface area (Å²) in [5, 5.41) is 0. The molecule has 1 unspecified atom stereocenters. The molecule has 1 aliphatic rings. The fourth-order valence-corrected chi connectivity index (χ4v) is 1.50. The highest BCUT2D eigenvalue weighted by Gasteiger charge is 2.16. The van der Waals surface area contributed by atoms with Crippen molar-refractivity contribution in [1.82, 2.24) is 0 Å². The van der Waals surface area contributed by atoms with Gasteiger partial charge in [0.25, 0.3) is 0 Å². The van der Waals surface area contributed by atoms with Gasteiger partial charge < -0.3 is 5.73 Å². The molecule has 0 aromatic heterocycles. The zero-order chi connectivity index (χ0) is 7.56. The third-order valence-corrected chi connectivity index (χ3v) is 1.86. The Kier molecular flexibility index (Phi) is 2.30. The number of hydrogen-bond donors (Lipinski definition) is 1. The van der Waals surface area contributed by atoms with Crippen LogP contribution in [0.25, 0.3) is 0 Å². The Morgan fingerprint density at radius 3 is 2.80 bits per heavy atom. The third kappa shape index (κ3) is 2.01. The van der Waals surface area contributed by atoms with Crippen molar-refractivity contribution < 1.29 is 0 Å². The molecule has 0 radical (unpaired) electrons. The minimum absolute atomic E-state index is 0.736. The first-order valence-corrected chi connectivity index (χ1v) is 3.97. The number of rotatable bonds is 2. The molecule has 1 rings (SSSR count). The lowest BCUT2D eigenvalue weighted by atomic mass is 9.96. The number of aliphatic imine (C=N–C) groups is 1. The monoisotopic (exact) mass is 140 g/mol. The van der Waals surface area contributed by atoms with Gasteiger partial charge in [-0.3, -0.25) is 4.99 Å². The Labute approximate surface area is 62.5 Å². The summed E-state index contributed by atoms with van der Waals surface area (Å²) in [6.45, 7) is 5.45. The van der Waals surface area contributed by atoms with E-state index >= 15 is 0 Å². The molecule has 2 heteroatoms. The predicted octanol–water partition coefficient (Wildman–Crippen LogP) is 1.41. The van der Waals surface area contributed by atoms with E-state index in [1.807, 2.05) is 0 Å². The lowest BCUT2D eigenvalue weighted by Crippen LogP contribution is -2.11. The average molecular weight is 140 g/mol. The maximum atomic E-state index is 5.55. The van der Waals surface area contributed by atoms with Gasteiger partial charge in [0.1, 0.15) is 0 Å². The summed E-state index contributed by atoms with van der Waals surface area (Å²) in [4.78, 5) is 4.17. The molecule has 0 aromatic carbocycles. The quantitative estimate of drug-likeness (QED) is 0.618. The van der Waals surface area contributed by atoms with Crippen LogP contribution in [0.15, 0.2) is 4.99 Å². The molecule has 1 heterocycles. The van der Waals surface area contributed by atoms with Crippen LogP contribution in [0, 0.1) is 11.8 Å². The van der Waals surface area contributed by atoms with Gasteiger partial charge in [-0.05, 0) is 18.3 Å². The Bertz CT molecular complexity index is 138. The van der Waals surface area contributed by atoms with Gasteiger partial charge >= 0.3 is 0 Å². The molecule has 1 aliphatic heterocycles. The fourth-order valence-electron chi connectivity index (χ4n) is 1.50. The summed E-state index contributed by atoms with van der Waals surface area (Å²) < 4.78 is 0. The van der Waals surface area contributed by atoms with Crippen LogP contribution in [0.3, 0.4) is 0 Å². The van der Waals surface area contributed by atoms with Crippen molar-refractivity contribution in [3.8, 4) is 0 Å². The zero-order valence-corrected chi connectivity index (χ0v) is 6.80. The molecule has 58 valence electrons. The van der Waals surface area contributed by atoms with Gasteiger partial charge in [-0.2, -0.15) is 0 Å². The van der Waals surface area contributed by atoms with Crippen molar-refractivity contribution in [3.63, 3.8) is 0 Å². The smallest absolute Gasteiger partial charge is 0.0940 e. The summed E-state index contributed by atoms with van der Waals surface area (Å²) >= 11 is 0. The van der Waals surface area contributed by atoms with Gasteiger partial charge in [0.05, 0.1) is 5.84 Å². The average Bonchev–Trinajstić information content (AvgIpc) is 2.13. The van der Waals surface area contributed by atoms with Crippen molar-refractivity contribution in [2.24, 2.45) is 22.6 Å². The van der Waals surface area contributed by atoms with Crippen LogP contribution in [0.4, 0.5) is 0 Å². The van der Waals surface area contributed by atoms with Crippen LogP contribution >= 0.6 is 0 Å². The molecule has 2 N–H and O–H groups in total. The van der Waals surface area contributed by atoms with Gasteiger partial charge in [-0.15, -0.1) is 0 Å². The third-order valence-electron chi connectivity index (χ3n) is 1.86. The molecule has 0 saturated heterocycles. The summed E-state index contributed by atoms with van der Waals surface area (Å²) in [5.41, 5.74) is 5.55. The minimum Gasteiger partial charge on any atom is -0.387 e. The van der Waals surface area contributed by atoms with E-state index in [0.29, 0.717) is 0 Å². The summed E-state index contributed by atoms with van der Waals surface area (Å²) in [7, 11) is 0. The van der Waals surface area contributed by atoms with Crippen molar-refractivity contribution in [1.29, 1.82) is 0 Å². The van der Waals surface area contributed by atoms with E-state index < -0.39 is 0 Å². The Morgan fingerprint density at radius 1 is 1.70 bits per heavy atom. The second kappa shape index (κ2) is 3.04. The molecule has 10 heavy (non-hydrogen) atoms. The van der Waals surface area contributed by atoms with E-state index in [-0.39, 0.29) is 0 Å². The summed E-state index contributed by atoms with van der Waals surface area (Å²) in [5.74, 6) is 2.37. The molecular formula is C8H16N2. The first-order valence-electron chi connectivity index (χ1n) is 3.97. The number of hydrogen-bond acceptors (Lipinski definition) is 2. The maximum Gasteiger partial charge on any atom is 0.0940 e. The second-order valence-corrected chi connectivity index (χ2v) is 3.53. The highest BCUT2D eigenvalue weighted by atomic mass is 14.9. The first-order chi connectivity index (χ1) is 4.68. The Balaban J connectivity index is 2.23. The van der Waals surface area contributed by atoms with Crippen LogP contribution in [0.1, 0.15) is 26.7 Å². The second-order valence-electron chi connectivity index (χ2n) is 3.53. The lowest BCUT2D eigenvalue weighted by Gasteiger charge is -2.09. The molecular weight excluding hydrogens is 124 g/mol. The van der Waals surface area contributed by atoms with E-state index in [1.165, 1.54) is 6.42 Å². The topological polar surface area (TPSA) is 38.4 Å². The normalized spacial score (nSPS) is 25.5. The van der Waals surface area contributed by atoms with Crippen molar-refractivity contribution in [2.45, 2.75) is 26.7 Å². The van der Waals surface area contributed by atoms with Crippen LogP contribution in [-0.4, -0.2) is 12.4 Å². The molecule has 0 bridgehead atoms.